The SMILES string of the molecule is CC(=O)NC1CCC(c2ccc(C(=O)OC(C)C)cc2)c2ccccc21. The smallest absolute Gasteiger partial charge is 0.338 e. The van der Waals surface area contributed by atoms with Gasteiger partial charge in [-0.15, -0.1) is 0 Å². The van der Waals surface area contributed by atoms with Crippen LogP contribution in [0.1, 0.15) is 72.6 Å². The van der Waals surface area contributed by atoms with E-state index < -0.39 is 0 Å². The molecule has 0 heterocycles. The van der Waals surface area contributed by atoms with Gasteiger partial charge in [-0.25, -0.2) is 4.79 Å². The standard InChI is InChI=1S/C22H25NO3/c1-14(2)26-22(25)17-10-8-16(9-11-17)18-12-13-21(23-15(3)24)20-7-5-4-6-19(18)20/h4-11,14,18,21H,12-13H2,1-3H3,(H,23,24). The molecular weight excluding hydrogens is 326 g/mol. The first-order valence-electron chi connectivity index (χ1n) is 9.12. The summed E-state index contributed by atoms with van der Waals surface area (Å²) in [4.78, 5) is 23.5. The number of rotatable bonds is 4. The summed E-state index contributed by atoms with van der Waals surface area (Å²) in [6.07, 6.45) is 1.73. The highest BCUT2D eigenvalue weighted by molar-refractivity contribution is 5.89. The molecule has 0 radical (unpaired) electrons. The Morgan fingerprint density at radius 1 is 1.00 bits per heavy atom. The first-order chi connectivity index (χ1) is 12.5. The van der Waals surface area contributed by atoms with Crippen molar-refractivity contribution in [2.45, 2.75) is 51.7 Å². The molecule has 2 atom stereocenters. The molecule has 0 spiro atoms. The number of nitrogens with one attached hydrogen (secondary N) is 1. The first-order valence-corrected chi connectivity index (χ1v) is 9.12. The molecule has 3 rings (SSSR count). The van der Waals surface area contributed by atoms with Gasteiger partial charge < -0.3 is 10.1 Å². The van der Waals surface area contributed by atoms with Crippen LogP contribution in [0.25, 0.3) is 0 Å². The Labute approximate surface area is 154 Å². The molecule has 1 aliphatic carbocycles. The molecule has 1 N–H and O–H groups in total. The van der Waals surface area contributed by atoms with Crippen LogP contribution in [0.15, 0.2) is 48.5 Å². The lowest BCUT2D eigenvalue weighted by molar-refractivity contribution is -0.119. The molecule has 136 valence electrons. The van der Waals surface area contributed by atoms with E-state index in [-0.39, 0.29) is 29.9 Å². The van der Waals surface area contributed by atoms with E-state index in [1.54, 1.807) is 6.92 Å². The molecule has 4 heteroatoms. The highest BCUT2D eigenvalue weighted by Crippen LogP contribution is 2.41. The van der Waals surface area contributed by atoms with E-state index in [4.69, 9.17) is 4.74 Å². The molecule has 2 aromatic carbocycles. The topological polar surface area (TPSA) is 55.4 Å². The van der Waals surface area contributed by atoms with Crippen LogP contribution in [0.5, 0.6) is 0 Å². The molecule has 0 fully saturated rings. The predicted octanol–water partition coefficient (Wildman–Crippen LogP) is 4.35. The van der Waals surface area contributed by atoms with E-state index >= 15 is 0 Å². The van der Waals surface area contributed by atoms with Crippen LogP contribution in [0.3, 0.4) is 0 Å². The van der Waals surface area contributed by atoms with E-state index in [1.807, 2.05) is 50.2 Å². The lowest BCUT2D eigenvalue weighted by atomic mass is 9.76. The van der Waals surface area contributed by atoms with Gasteiger partial charge in [-0.1, -0.05) is 36.4 Å². The fraction of sp³-hybridized carbons (Fsp3) is 0.364. The third-order valence-corrected chi connectivity index (χ3v) is 4.76. The van der Waals surface area contributed by atoms with E-state index in [1.165, 1.54) is 16.7 Å². The van der Waals surface area contributed by atoms with Gasteiger partial charge in [0.15, 0.2) is 0 Å². The van der Waals surface area contributed by atoms with Crippen molar-refractivity contribution < 1.29 is 14.3 Å². The maximum Gasteiger partial charge on any atom is 0.338 e. The molecule has 1 aliphatic rings. The second-order valence-electron chi connectivity index (χ2n) is 7.09. The number of esters is 1. The summed E-state index contributed by atoms with van der Waals surface area (Å²) in [5, 5.41) is 3.05. The average Bonchev–Trinajstić information content (AvgIpc) is 2.61. The third-order valence-electron chi connectivity index (χ3n) is 4.76. The number of benzene rings is 2. The van der Waals surface area contributed by atoms with Gasteiger partial charge >= 0.3 is 5.97 Å². The van der Waals surface area contributed by atoms with Gasteiger partial charge in [0.25, 0.3) is 0 Å². The minimum Gasteiger partial charge on any atom is -0.459 e. The quantitative estimate of drug-likeness (QED) is 0.833. The van der Waals surface area contributed by atoms with Crippen LogP contribution in [-0.2, 0) is 9.53 Å². The number of amides is 1. The second-order valence-corrected chi connectivity index (χ2v) is 7.09. The monoisotopic (exact) mass is 351 g/mol. The molecule has 4 nitrogen and oxygen atoms in total. The Hall–Kier alpha value is -2.62. The zero-order valence-corrected chi connectivity index (χ0v) is 15.5. The van der Waals surface area contributed by atoms with Crippen LogP contribution >= 0.6 is 0 Å². The van der Waals surface area contributed by atoms with Crippen LogP contribution in [0.4, 0.5) is 0 Å². The van der Waals surface area contributed by atoms with E-state index in [0.717, 1.165) is 12.8 Å². The molecule has 2 aromatic rings. The van der Waals surface area contributed by atoms with Crippen molar-refractivity contribution in [2.24, 2.45) is 0 Å². The number of hydrogen-bond donors (Lipinski definition) is 1. The van der Waals surface area contributed by atoms with Crippen molar-refractivity contribution in [3.63, 3.8) is 0 Å². The maximum absolute atomic E-state index is 12.0. The molecule has 0 saturated heterocycles. The fourth-order valence-electron chi connectivity index (χ4n) is 3.67. The third kappa shape index (κ3) is 3.96. The van der Waals surface area contributed by atoms with Gasteiger partial charge in [0.05, 0.1) is 17.7 Å². The zero-order valence-electron chi connectivity index (χ0n) is 15.5. The largest absolute Gasteiger partial charge is 0.459 e. The summed E-state index contributed by atoms with van der Waals surface area (Å²) in [6, 6.07) is 16.0. The number of carbonyl (C=O) groups excluding carboxylic acids is 2. The van der Waals surface area contributed by atoms with Crippen molar-refractivity contribution in [1.29, 1.82) is 0 Å². The van der Waals surface area contributed by atoms with Gasteiger partial charge in [-0.05, 0) is 55.5 Å². The molecule has 2 unspecified atom stereocenters. The summed E-state index contributed by atoms with van der Waals surface area (Å²) in [6.45, 7) is 5.25. The Balaban J connectivity index is 1.85. The number of fused-ring (bicyclic) bond motifs is 1. The summed E-state index contributed by atoms with van der Waals surface area (Å²) in [5.74, 6) is -0.0241. The van der Waals surface area contributed by atoms with E-state index in [0.29, 0.717) is 5.56 Å². The zero-order chi connectivity index (χ0) is 18.7. The number of hydrogen-bond acceptors (Lipinski definition) is 3. The average molecular weight is 351 g/mol. The van der Waals surface area contributed by atoms with Gasteiger partial charge in [0.1, 0.15) is 0 Å². The normalized spacial score (nSPS) is 18.9. The van der Waals surface area contributed by atoms with E-state index in [9.17, 15) is 9.59 Å². The van der Waals surface area contributed by atoms with E-state index in [2.05, 4.69) is 17.4 Å². The number of ether oxygens (including phenoxy) is 1. The van der Waals surface area contributed by atoms with Crippen molar-refractivity contribution in [3.05, 3.63) is 70.8 Å². The summed E-state index contributed by atoms with van der Waals surface area (Å²) >= 11 is 0. The maximum atomic E-state index is 12.0. The highest BCUT2D eigenvalue weighted by atomic mass is 16.5. The highest BCUT2D eigenvalue weighted by Gasteiger charge is 2.28. The molecular formula is C22H25NO3. The minimum atomic E-state index is -0.290. The molecule has 0 bridgehead atoms. The molecule has 0 aromatic heterocycles. The van der Waals surface area contributed by atoms with Crippen molar-refractivity contribution >= 4 is 11.9 Å². The molecule has 0 aliphatic heterocycles. The molecule has 0 saturated carbocycles. The Morgan fingerprint density at radius 2 is 1.65 bits per heavy atom. The van der Waals surface area contributed by atoms with Gasteiger partial charge in [0, 0.05) is 12.8 Å². The second kappa shape index (κ2) is 7.73. The molecule has 26 heavy (non-hydrogen) atoms. The Morgan fingerprint density at radius 3 is 2.27 bits per heavy atom. The van der Waals surface area contributed by atoms with Crippen molar-refractivity contribution in [2.75, 3.05) is 0 Å². The first kappa shape index (κ1) is 18.2. The minimum absolute atomic E-state index is 0.00345. The Kier molecular flexibility index (Phi) is 5.40. The van der Waals surface area contributed by atoms with Gasteiger partial charge in [-0.2, -0.15) is 0 Å². The summed E-state index contributed by atoms with van der Waals surface area (Å²) < 4.78 is 5.25. The van der Waals surface area contributed by atoms with Crippen molar-refractivity contribution in [1.82, 2.24) is 5.32 Å². The summed E-state index contributed by atoms with van der Waals surface area (Å²) in [5.41, 5.74) is 4.18. The number of carbonyl (C=O) groups is 2. The van der Waals surface area contributed by atoms with Gasteiger partial charge in [-0.3, -0.25) is 4.79 Å². The lowest BCUT2D eigenvalue weighted by Crippen LogP contribution is -2.30. The van der Waals surface area contributed by atoms with Crippen LogP contribution in [0.2, 0.25) is 0 Å². The Bertz CT molecular complexity index is 795. The van der Waals surface area contributed by atoms with Crippen molar-refractivity contribution in [3.8, 4) is 0 Å². The van der Waals surface area contributed by atoms with Crippen LogP contribution < -0.4 is 5.32 Å². The lowest BCUT2D eigenvalue weighted by Gasteiger charge is -2.32. The summed E-state index contributed by atoms with van der Waals surface area (Å²) in [7, 11) is 0. The van der Waals surface area contributed by atoms with Crippen LogP contribution in [0, 0.1) is 0 Å². The van der Waals surface area contributed by atoms with Crippen LogP contribution in [-0.4, -0.2) is 18.0 Å². The van der Waals surface area contributed by atoms with Gasteiger partial charge in [0.2, 0.25) is 5.91 Å². The predicted molar refractivity (Wildman–Crippen MR) is 101 cm³/mol. The fourth-order valence-corrected chi connectivity index (χ4v) is 3.67. The molecule has 1 amide bonds.